The van der Waals surface area contributed by atoms with Crippen molar-refractivity contribution in [2.75, 3.05) is 5.75 Å². The van der Waals surface area contributed by atoms with Gasteiger partial charge in [0.2, 0.25) is 0 Å². The van der Waals surface area contributed by atoms with Gasteiger partial charge >= 0.3 is 0 Å². The van der Waals surface area contributed by atoms with Crippen molar-refractivity contribution in [3.8, 4) is 0 Å². The molecule has 0 radical (unpaired) electrons. The van der Waals surface area contributed by atoms with Crippen molar-refractivity contribution >= 4 is 11.8 Å². The van der Waals surface area contributed by atoms with Crippen LogP contribution in [0.2, 0.25) is 0 Å². The quantitative estimate of drug-likeness (QED) is 0.339. The van der Waals surface area contributed by atoms with Gasteiger partial charge in [-0.2, -0.15) is 11.8 Å². The maximum Gasteiger partial charge on any atom is 0.0160 e. The zero-order valence-electron chi connectivity index (χ0n) is 14.2. The molecule has 0 aromatic heterocycles. The first-order chi connectivity index (χ1) is 9.83. The molecular formula is C19H38S. The minimum absolute atomic E-state index is 0.691. The van der Waals surface area contributed by atoms with Gasteiger partial charge in [0.05, 0.1) is 0 Å². The average molecular weight is 299 g/mol. The third kappa shape index (κ3) is 7.96. The second kappa shape index (κ2) is 12.0. The largest absolute Gasteiger partial charge is 0.155 e. The van der Waals surface area contributed by atoms with Crippen LogP contribution in [0.15, 0.2) is 0 Å². The normalized spacial score (nSPS) is 18.3. The summed E-state index contributed by atoms with van der Waals surface area (Å²) in [6.07, 6.45) is 22.0. The summed E-state index contributed by atoms with van der Waals surface area (Å²) in [4.78, 5) is 0. The summed E-state index contributed by atoms with van der Waals surface area (Å²) in [7, 11) is 0. The molecule has 0 nitrogen and oxygen atoms in total. The van der Waals surface area contributed by atoms with Crippen molar-refractivity contribution in [2.45, 2.75) is 115 Å². The van der Waals surface area contributed by atoms with Crippen molar-refractivity contribution in [2.24, 2.45) is 0 Å². The summed E-state index contributed by atoms with van der Waals surface area (Å²) in [5.41, 5.74) is 0. The molecule has 0 amide bonds. The van der Waals surface area contributed by atoms with Crippen LogP contribution in [0.25, 0.3) is 0 Å². The van der Waals surface area contributed by atoms with E-state index < -0.39 is 0 Å². The Morgan fingerprint density at radius 1 is 0.700 bits per heavy atom. The lowest BCUT2D eigenvalue weighted by Gasteiger charge is -2.37. The third-order valence-corrected chi connectivity index (χ3v) is 6.62. The van der Waals surface area contributed by atoms with Crippen LogP contribution in [-0.4, -0.2) is 10.5 Å². The molecule has 0 bridgehead atoms. The first-order valence-electron chi connectivity index (χ1n) is 9.47. The Morgan fingerprint density at radius 3 is 1.95 bits per heavy atom. The second-order valence-corrected chi connectivity index (χ2v) is 8.38. The van der Waals surface area contributed by atoms with E-state index >= 15 is 0 Å². The summed E-state index contributed by atoms with van der Waals surface area (Å²) < 4.78 is 0.691. The highest BCUT2D eigenvalue weighted by molar-refractivity contribution is 8.00. The van der Waals surface area contributed by atoms with Crippen LogP contribution in [-0.2, 0) is 0 Å². The van der Waals surface area contributed by atoms with Crippen LogP contribution in [0.1, 0.15) is 110 Å². The highest BCUT2D eigenvalue weighted by atomic mass is 32.2. The van der Waals surface area contributed by atoms with E-state index in [9.17, 15) is 0 Å². The fourth-order valence-electron chi connectivity index (χ4n) is 3.51. The standard InChI is InChI=1S/C19H38S/c1-3-5-7-8-9-10-14-18-20-19(15-6-4-2)16-12-11-13-17-19/h3-18H2,1-2H3. The van der Waals surface area contributed by atoms with Gasteiger partial charge in [-0.1, -0.05) is 84.5 Å². The number of hydrogen-bond donors (Lipinski definition) is 0. The summed E-state index contributed by atoms with van der Waals surface area (Å²) in [6, 6.07) is 0. The Morgan fingerprint density at radius 2 is 1.30 bits per heavy atom. The topological polar surface area (TPSA) is 0 Å². The van der Waals surface area contributed by atoms with Gasteiger partial charge in [-0.15, -0.1) is 0 Å². The maximum atomic E-state index is 2.35. The van der Waals surface area contributed by atoms with Crippen molar-refractivity contribution in [3.05, 3.63) is 0 Å². The molecule has 0 saturated heterocycles. The van der Waals surface area contributed by atoms with E-state index in [1.54, 1.807) is 0 Å². The van der Waals surface area contributed by atoms with Gasteiger partial charge in [0.15, 0.2) is 0 Å². The van der Waals surface area contributed by atoms with Crippen molar-refractivity contribution < 1.29 is 0 Å². The lowest BCUT2D eigenvalue weighted by molar-refractivity contribution is 0.369. The highest BCUT2D eigenvalue weighted by Crippen LogP contribution is 2.44. The van der Waals surface area contributed by atoms with E-state index in [1.165, 1.54) is 102 Å². The van der Waals surface area contributed by atoms with Crippen LogP contribution in [0.4, 0.5) is 0 Å². The minimum atomic E-state index is 0.691. The smallest absolute Gasteiger partial charge is 0.0160 e. The lowest BCUT2D eigenvalue weighted by atomic mass is 9.85. The first-order valence-corrected chi connectivity index (χ1v) is 10.5. The summed E-state index contributed by atoms with van der Waals surface area (Å²) in [5, 5.41) is 0. The number of rotatable bonds is 12. The van der Waals surface area contributed by atoms with Gasteiger partial charge in [0.1, 0.15) is 0 Å². The van der Waals surface area contributed by atoms with Crippen LogP contribution in [0.5, 0.6) is 0 Å². The molecular weight excluding hydrogens is 260 g/mol. The molecule has 0 aliphatic heterocycles. The van der Waals surface area contributed by atoms with E-state index in [1.807, 2.05) is 0 Å². The molecule has 1 fully saturated rings. The molecule has 0 spiro atoms. The second-order valence-electron chi connectivity index (χ2n) is 6.82. The minimum Gasteiger partial charge on any atom is -0.155 e. The molecule has 0 aromatic carbocycles. The van der Waals surface area contributed by atoms with Gasteiger partial charge < -0.3 is 0 Å². The summed E-state index contributed by atoms with van der Waals surface area (Å²) >= 11 is 2.35. The molecule has 20 heavy (non-hydrogen) atoms. The zero-order chi connectivity index (χ0) is 14.5. The third-order valence-electron chi connectivity index (χ3n) is 4.91. The predicted octanol–water partition coefficient (Wildman–Crippen LogP) is 7.36. The Hall–Kier alpha value is 0.350. The number of unbranched alkanes of at least 4 members (excludes halogenated alkanes) is 7. The van der Waals surface area contributed by atoms with Gasteiger partial charge in [0, 0.05) is 4.75 Å². The molecule has 0 atom stereocenters. The maximum absolute atomic E-state index is 2.35. The highest BCUT2D eigenvalue weighted by Gasteiger charge is 2.31. The van der Waals surface area contributed by atoms with Gasteiger partial charge in [-0.05, 0) is 31.4 Å². The molecule has 0 aromatic rings. The Labute approximate surface area is 132 Å². The van der Waals surface area contributed by atoms with Crippen LogP contribution < -0.4 is 0 Å². The lowest BCUT2D eigenvalue weighted by Crippen LogP contribution is -2.28. The number of thioether (sulfide) groups is 1. The fourth-order valence-corrected chi connectivity index (χ4v) is 5.16. The van der Waals surface area contributed by atoms with E-state index in [0.717, 1.165) is 0 Å². The first kappa shape index (κ1) is 18.4. The van der Waals surface area contributed by atoms with Gasteiger partial charge in [-0.25, -0.2) is 0 Å². The molecule has 1 aliphatic rings. The van der Waals surface area contributed by atoms with Gasteiger partial charge in [0.25, 0.3) is 0 Å². The Bertz CT molecular complexity index is 206. The average Bonchev–Trinajstić information content (AvgIpc) is 2.49. The molecule has 0 unspecified atom stereocenters. The molecule has 1 heteroatoms. The molecule has 0 heterocycles. The summed E-state index contributed by atoms with van der Waals surface area (Å²) in [5.74, 6) is 1.43. The Kier molecular flexibility index (Phi) is 11.0. The predicted molar refractivity (Wildman–Crippen MR) is 95.8 cm³/mol. The molecule has 1 rings (SSSR count). The van der Waals surface area contributed by atoms with Crippen LogP contribution in [0.3, 0.4) is 0 Å². The zero-order valence-corrected chi connectivity index (χ0v) is 15.0. The van der Waals surface area contributed by atoms with Crippen LogP contribution in [0, 0.1) is 0 Å². The molecule has 120 valence electrons. The number of hydrogen-bond acceptors (Lipinski definition) is 1. The summed E-state index contributed by atoms with van der Waals surface area (Å²) in [6.45, 7) is 4.65. The van der Waals surface area contributed by atoms with E-state index in [0.29, 0.717) is 4.75 Å². The van der Waals surface area contributed by atoms with E-state index in [4.69, 9.17) is 0 Å². The van der Waals surface area contributed by atoms with Crippen molar-refractivity contribution in [1.29, 1.82) is 0 Å². The van der Waals surface area contributed by atoms with E-state index in [2.05, 4.69) is 25.6 Å². The molecule has 1 saturated carbocycles. The fraction of sp³-hybridized carbons (Fsp3) is 1.00. The SMILES string of the molecule is CCCCCCCCCSC1(CCCC)CCCCC1. The van der Waals surface area contributed by atoms with Gasteiger partial charge in [-0.3, -0.25) is 0 Å². The van der Waals surface area contributed by atoms with Crippen molar-refractivity contribution in [3.63, 3.8) is 0 Å². The monoisotopic (exact) mass is 298 g/mol. The van der Waals surface area contributed by atoms with Crippen LogP contribution >= 0.6 is 11.8 Å². The Balaban J connectivity index is 2.09. The molecule has 1 aliphatic carbocycles. The molecule has 0 N–H and O–H groups in total. The van der Waals surface area contributed by atoms with E-state index in [-0.39, 0.29) is 0 Å². The van der Waals surface area contributed by atoms with Crippen molar-refractivity contribution in [1.82, 2.24) is 0 Å².